The molecule has 0 fully saturated rings. The maximum Gasteiger partial charge on any atom is 0.268 e. The molecule has 7 aromatic rings. The van der Waals surface area contributed by atoms with Crippen LogP contribution >= 0.6 is 0 Å². The van der Waals surface area contributed by atoms with Crippen molar-refractivity contribution in [1.29, 1.82) is 0 Å². The molecule has 0 bridgehead atoms. The van der Waals surface area contributed by atoms with E-state index >= 15 is 0 Å². The van der Waals surface area contributed by atoms with E-state index in [2.05, 4.69) is 117 Å². The van der Waals surface area contributed by atoms with Crippen molar-refractivity contribution in [3.8, 4) is 22.4 Å². The van der Waals surface area contributed by atoms with Gasteiger partial charge in [-0.1, -0.05) is 30.3 Å². The molecule has 194 valence electrons. The molecular formula is C33H27N6O+. The van der Waals surface area contributed by atoms with Crippen molar-refractivity contribution >= 4 is 50.6 Å². The number of nitrogens with zero attached hydrogens (tertiary/aromatic N) is 5. The van der Waals surface area contributed by atoms with Gasteiger partial charge in [0, 0.05) is 35.9 Å². The molecule has 8 rings (SSSR count). The third kappa shape index (κ3) is 3.18. The number of imidazole rings is 1. The number of rotatable bonds is 3. The van der Waals surface area contributed by atoms with Crippen LogP contribution in [0.3, 0.4) is 0 Å². The highest BCUT2D eigenvalue weighted by atomic mass is 16.3. The van der Waals surface area contributed by atoms with Gasteiger partial charge >= 0.3 is 0 Å². The number of fused-ring (bicyclic) bond motifs is 4. The second-order valence-electron chi connectivity index (χ2n) is 10.4. The lowest BCUT2D eigenvalue weighted by Gasteiger charge is -2.38. The number of nitrogens with one attached hydrogen (secondary N) is 1. The Labute approximate surface area is 231 Å². The average molecular weight is 524 g/mol. The predicted octanol–water partition coefficient (Wildman–Crippen LogP) is 7.36. The van der Waals surface area contributed by atoms with E-state index in [0.717, 1.165) is 67.4 Å². The number of hydrogen-bond donors (Lipinski definition) is 1. The van der Waals surface area contributed by atoms with E-state index in [4.69, 9.17) is 4.42 Å². The van der Waals surface area contributed by atoms with Crippen LogP contribution in [0.1, 0.15) is 0 Å². The van der Waals surface area contributed by atoms with E-state index in [1.54, 1.807) is 0 Å². The molecule has 40 heavy (non-hydrogen) atoms. The normalized spacial score (nSPS) is 12.8. The van der Waals surface area contributed by atoms with Gasteiger partial charge in [-0.2, -0.15) is 0 Å². The van der Waals surface area contributed by atoms with Crippen LogP contribution in [0.15, 0.2) is 108 Å². The summed E-state index contributed by atoms with van der Waals surface area (Å²) in [7, 11) is 6.27. The van der Waals surface area contributed by atoms with E-state index < -0.39 is 0 Å². The average Bonchev–Trinajstić information content (AvgIpc) is 3.68. The number of benzene rings is 3. The molecule has 3 aromatic carbocycles. The van der Waals surface area contributed by atoms with Gasteiger partial charge in [-0.3, -0.25) is 14.5 Å². The summed E-state index contributed by atoms with van der Waals surface area (Å²) in [5.41, 5.74) is 12.8. The summed E-state index contributed by atoms with van der Waals surface area (Å²) < 4.78 is 10.4. The maximum atomic E-state index is 6.08. The summed E-state index contributed by atoms with van der Waals surface area (Å²) in [6, 6.07) is 27.7. The molecule has 0 atom stereocenters. The van der Waals surface area contributed by atoms with Crippen molar-refractivity contribution in [2.45, 2.75) is 0 Å². The number of aromatic nitrogens is 4. The smallest absolute Gasteiger partial charge is 0.268 e. The van der Waals surface area contributed by atoms with Crippen LogP contribution in [0.5, 0.6) is 0 Å². The maximum absolute atomic E-state index is 6.08. The van der Waals surface area contributed by atoms with Crippen molar-refractivity contribution in [3.63, 3.8) is 0 Å². The quantitative estimate of drug-likeness (QED) is 0.246. The van der Waals surface area contributed by atoms with E-state index in [1.807, 2.05) is 37.0 Å². The molecule has 1 aliphatic heterocycles. The van der Waals surface area contributed by atoms with Gasteiger partial charge in [0.1, 0.15) is 11.8 Å². The Kier molecular flexibility index (Phi) is 4.73. The van der Waals surface area contributed by atoms with Crippen LogP contribution in [0.4, 0.5) is 28.4 Å². The molecule has 0 saturated heterocycles. The SMILES string of the molecule is CN1c2ccccc2N(c2cccc(-c3cn(C)c4c3[nH]c[n+]4C)c2)c2cc3c(-c4ccccn4)coc3cc21. The van der Waals surface area contributed by atoms with Crippen molar-refractivity contribution in [2.75, 3.05) is 16.8 Å². The second kappa shape index (κ2) is 8.35. The molecule has 5 heterocycles. The lowest BCUT2D eigenvalue weighted by atomic mass is 10.0. The minimum absolute atomic E-state index is 0.839. The first-order valence-corrected chi connectivity index (χ1v) is 13.3. The Balaban J connectivity index is 1.36. The van der Waals surface area contributed by atoms with Gasteiger partial charge < -0.3 is 14.2 Å². The Morgan fingerprint density at radius 2 is 1.68 bits per heavy atom. The summed E-state index contributed by atoms with van der Waals surface area (Å²) in [6.07, 6.45) is 7.83. The standard InChI is InChI=1S/C33H26N6O/c1-36-18-24(32-33(36)37(2)20-35-32)21-9-8-10-22(15-21)39-28-13-5-4-12-27(28)38(3)29-17-31-23(16-30(29)39)25(19-40-31)26-11-6-7-14-34-26/h4-20H,1-3H3/p+1. The van der Waals surface area contributed by atoms with E-state index in [-0.39, 0.29) is 0 Å². The van der Waals surface area contributed by atoms with Crippen molar-refractivity contribution < 1.29 is 8.98 Å². The number of furan rings is 1. The van der Waals surface area contributed by atoms with E-state index in [9.17, 15) is 0 Å². The van der Waals surface area contributed by atoms with Crippen LogP contribution in [-0.4, -0.2) is 21.6 Å². The fraction of sp³-hybridized carbons (Fsp3) is 0.0909. The van der Waals surface area contributed by atoms with Gasteiger partial charge in [-0.25, -0.2) is 4.57 Å². The fourth-order valence-corrected chi connectivity index (χ4v) is 6.13. The molecule has 7 heteroatoms. The van der Waals surface area contributed by atoms with E-state index in [1.165, 1.54) is 5.56 Å². The number of anilines is 5. The van der Waals surface area contributed by atoms with Gasteiger partial charge in [-0.15, -0.1) is 0 Å². The Morgan fingerprint density at radius 1 is 0.825 bits per heavy atom. The van der Waals surface area contributed by atoms with Crippen LogP contribution in [0.2, 0.25) is 0 Å². The highest BCUT2D eigenvalue weighted by molar-refractivity contribution is 6.06. The molecule has 1 N–H and O–H groups in total. The summed E-state index contributed by atoms with van der Waals surface area (Å²) >= 11 is 0. The molecular weight excluding hydrogens is 496 g/mol. The molecule has 1 aliphatic rings. The number of aryl methyl sites for hydroxylation is 2. The lowest BCUT2D eigenvalue weighted by Crippen LogP contribution is -2.26. The Hall–Kier alpha value is -5.30. The van der Waals surface area contributed by atoms with Crippen molar-refractivity contribution in [3.05, 3.63) is 104 Å². The van der Waals surface area contributed by atoms with Gasteiger partial charge in [-0.05, 0) is 48.0 Å². The van der Waals surface area contributed by atoms with Gasteiger partial charge in [0.05, 0.1) is 54.3 Å². The predicted molar refractivity (Wildman–Crippen MR) is 160 cm³/mol. The van der Waals surface area contributed by atoms with Gasteiger partial charge in [0.15, 0.2) is 11.8 Å². The summed E-state index contributed by atoms with van der Waals surface area (Å²) in [5.74, 6) is 0. The molecule has 0 unspecified atom stereocenters. The third-order valence-corrected chi connectivity index (χ3v) is 8.00. The summed E-state index contributed by atoms with van der Waals surface area (Å²) in [5, 5.41) is 1.04. The van der Waals surface area contributed by atoms with Crippen LogP contribution in [0.25, 0.3) is 44.5 Å². The summed E-state index contributed by atoms with van der Waals surface area (Å²) in [6.45, 7) is 0. The molecule has 4 aromatic heterocycles. The molecule has 0 spiro atoms. The third-order valence-electron chi connectivity index (χ3n) is 8.00. The van der Waals surface area contributed by atoms with Crippen LogP contribution in [-0.2, 0) is 14.1 Å². The largest absolute Gasteiger partial charge is 0.464 e. The molecule has 0 aliphatic carbocycles. The zero-order chi connectivity index (χ0) is 27.0. The number of hydrogen-bond acceptors (Lipinski definition) is 4. The monoisotopic (exact) mass is 523 g/mol. The highest BCUT2D eigenvalue weighted by Crippen LogP contribution is 2.53. The molecule has 0 radical (unpaired) electrons. The van der Waals surface area contributed by atoms with Gasteiger partial charge in [0.2, 0.25) is 0 Å². The van der Waals surface area contributed by atoms with Crippen LogP contribution in [0, 0.1) is 0 Å². The van der Waals surface area contributed by atoms with Gasteiger partial charge in [0.25, 0.3) is 5.65 Å². The first-order chi connectivity index (χ1) is 19.6. The zero-order valence-corrected chi connectivity index (χ0v) is 22.5. The minimum Gasteiger partial charge on any atom is -0.464 e. The second-order valence-corrected chi connectivity index (χ2v) is 10.4. The molecule has 7 nitrogen and oxygen atoms in total. The number of para-hydroxylation sites is 2. The lowest BCUT2D eigenvalue weighted by molar-refractivity contribution is -0.647. The zero-order valence-electron chi connectivity index (χ0n) is 22.5. The molecule has 0 amide bonds. The highest BCUT2D eigenvalue weighted by Gasteiger charge is 2.29. The van der Waals surface area contributed by atoms with Crippen molar-refractivity contribution in [2.24, 2.45) is 14.1 Å². The fourth-order valence-electron chi connectivity index (χ4n) is 6.13. The summed E-state index contributed by atoms with van der Waals surface area (Å²) in [4.78, 5) is 12.7. The minimum atomic E-state index is 0.839. The Bertz CT molecular complexity index is 2070. The molecule has 0 saturated carbocycles. The topological polar surface area (TPSA) is 57.1 Å². The van der Waals surface area contributed by atoms with Crippen LogP contribution < -0.4 is 14.4 Å². The first-order valence-electron chi connectivity index (χ1n) is 13.3. The number of aromatic amines is 1. The van der Waals surface area contributed by atoms with E-state index in [0.29, 0.717) is 0 Å². The number of H-pyrrole nitrogens is 1. The van der Waals surface area contributed by atoms with Crippen molar-refractivity contribution in [1.82, 2.24) is 14.5 Å². The first kappa shape index (κ1) is 22.7. The number of pyridine rings is 1. The Morgan fingerprint density at radius 3 is 2.52 bits per heavy atom.